The summed E-state index contributed by atoms with van der Waals surface area (Å²) in [6.07, 6.45) is 20.3. The number of allylic oxidation sites excluding steroid dienone is 7. The van der Waals surface area contributed by atoms with Gasteiger partial charge in [0.2, 0.25) is 0 Å². The molecule has 0 fully saturated rings. The van der Waals surface area contributed by atoms with E-state index < -0.39 is 0 Å². The molecule has 1 aliphatic rings. The van der Waals surface area contributed by atoms with E-state index >= 15 is 0 Å². The van der Waals surface area contributed by atoms with Crippen molar-refractivity contribution in [1.82, 2.24) is 0 Å². The number of unbranched alkanes of at least 4 members (excludes halogenated alkanes) is 3. The zero-order valence-electron chi connectivity index (χ0n) is 20.1. The summed E-state index contributed by atoms with van der Waals surface area (Å²) in [6.45, 7) is 22.9. The summed E-state index contributed by atoms with van der Waals surface area (Å²) in [6, 6.07) is 0. The van der Waals surface area contributed by atoms with Crippen molar-refractivity contribution in [2.45, 2.75) is 65.7 Å². The van der Waals surface area contributed by atoms with Crippen molar-refractivity contribution in [2.24, 2.45) is 0 Å². The molecule has 0 aliphatic heterocycles. The fourth-order valence-corrected chi connectivity index (χ4v) is 2.49. The van der Waals surface area contributed by atoms with Crippen LogP contribution in [0.15, 0.2) is 59.5 Å². The van der Waals surface area contributed by atoms with Crippen LogP contribution < -0.4 is 0 Å². The van der Waals surface area contributed by atoms with Crippen LogP contribution in [-0.4, -0.2) is 39.3 Å². The summed E-state index contributed by atoms with van der Waals surface area (Å²) >= 11 is 1.56. The molecular formula is C26H47N3Zr. The molecule has 0 aromatic carbocycles. The Balaban J connectivity index is -0.000000325. The van der Waals surface area contributed by atoms with Gasteiger partial charge in [-0.25, -0.2) is 0 Å². The first-order chi connectivity index (χ1) is 14.6. The van der Waals surface area contributed by atoms with E-state index in [0.29, 0.717) is 0 Å². The molecule has 0 aromatic rings. The van der Waals surface area contributed by atoms with Crippen molar-refractivity contribution < 1.29 is 24.7 Å². The fraction of sp³-hybridized carbons (Fsp3) is 0.615. The molecule has 0 bridgehead atoms. The summed E-state index contributed by atoms with van der Waals surface area (Å²) in [4.78, 5) is 0. The molecule has 1 rings (SSSR count). The second kappa shape index (κ2) is 35.9. The van der Waals surface area contributed by atoms with Crippen LogP contribution in [0.2, 0.25) is 0 Å². The van der Waals surface area contributed by atoms with Gasteiger partial charge in [0.1, 0.15) is 0 Å². The standard InChI is InChI=1S/3C7H14N.C5H5.Zr/c3*1-3-5-6-7-8-4-2;1-2-4-5-3-1;/h3*3H,1,4-7H2,2H3;1-3H,4H2;/q3*-1;;+3. The van der Waals surface area contributed by atoms with Crippen LogP contribution in [0.3, 0.4) is 0 Å². The summed E-state index contributed by atoms with van der Waals surface area (Å²) in [5.74, 6) is 0. The SMILES string of the molecule is C=CCCC[N-]CC.C=CCCC[N-]CC.C=CCCC[N-]CC.[Zr+3][C]1=CC=CC1. The van der Waals surface area contributed by atoms with E-state index in [4.69, 9.17) is 0 Å². The quantitative estimate of drug-likeness (QED) is 0.163. The zero-order chi connectivity index (χ0) is 23.1. The number of hydrogen-bond acceptors (Lipinski definition) is 0. The maximum atomic E-state index is 4.16. The topological polar surface area (TPSA) is 42.3 Å². The van der Waals surface area contributed by atoms with Gasteiger partial charge in [0.25, 0.3) is 0 Å². The van der Waals surface area contributed by atoms with Gasteiger partial charge in [-0.05, 0) is 19.3 Å². The van der Waals surface area contributed by atoms with Crippen LogP contribution in [0.5, 0.6) is 0 Å². The van der Waals surface area contributed by atoms with E-state index in [1.807, 2.05) is 18.2 Å². The van der Waals surface area contributed by atoms with E-state index in [1.54, 1.807) is 28.0 Å². The summed E-state index contributed by atoms with van der Waals surface area (Å²) < 4.78 is 1.56. The molecule has 0 N–H and O–H groups in total. The average molecular weight is 493 g/mol. The van der Waals surface area contributed by atoms with E-state index in [9.17, 15) is 0 Å². The minimum absolute atomic E-state index is 0.955. The van der Waals surface area contributed by atoms with Gasteiger partial charge in [0.05, 0.1) is 0 Å². The van der Waals surface area contributed by atoms with Gasteiger partial charge in [-0.3, -0.25) is 0 Å². The summed E-state index contributed by atoms with van der Waals surface area (Å²) in [5, 5.41) is 12.5. The number of rotatable bonds is 15. The second-order valence-electron chi connectivity index (χ2n) is 6.41. The monoisotopic (exact) mass is 491 g/mol. The van der Waals surface area contributed by atoms with Crippen molar-refractivity contribution in [2.75, 3.05) is 39.3 Å². The number of hydrogen-bond donors (Lipinski definition) is 0. The van der Waals surface area contributed by atoms with Crippen molar-refractivity contribution >= 4 is 0 Å². The zero-order valence-corrected chi connectivity index (χ0v) is 22.6. The van der Waals surface area contributed by atoms with Crippen LogP contribution in [0.25, 0.3) is 16.0 Å². The van der Waals surface area contributed by atoms with Gasteiger partial charge in [-0.1, -0.05) is 58.3 Å². The first-order valence-corrected chi connectivity index (χ1v) is 12.7. The third-order valence-corrected chi connectivity index (χ3v) is 4.53. The van der Waals surface area contributed by atoms with Crippen LogP contribution in [0.1, 0.15) is 65.7 Å². The molecule has 170 valence electrons. The molecule has 3 nitrogen and oxygen atoms in total. The molecule has 0 atom stereocenters. The predicted octanol–water partition coefficient (Wildman–Crippen LogP) is 8.42. The Morgan fingerprint density at radius 1 is 0.767 bits per heavy atom. The van der Waals surface area contributed by atoms with Gasteiger partial charge in [0.15, 0.2) is 0 Å². The molecule has 0 radical (unpaired) electrons. The maximum absolute atomic E-state index is 4.16. The van der Waals surface area contributed by atoms with Gasteiger partial charge in [0, 0.05) is 0 Å². The molecule has 30 heavy (non-hydrogen) atoms. The molecule has 1 aliphatic carbocycles. The average Bonchev–Trinajstić information content (AvgIpc) is 3.24. The van der Waals surface area contributed by atoms with Gasteiger partial charge < -0.3 is 16.0 Å². The van der Waals surface area contributed by atoms with Crippen molar-refractivity contribution in [3.63, 3.8) is 0 Å². The Kier molecular flexibility index (Phi) is 40.8. The molecule has 0 saturated heterocycles. The molecule has 0 unspecified atom stereocenters. The first-order valence-electron chi connectivity index (χ1n) is 11.4. The van der Waals surface area contributed by atoms with Crippen molar-refractivity contribution in [3.8, 4) is 0 Å². The molecule has 0 aromatic heterocycles. The first kappa shape index (κ1) is 34.1. The Morgan fingerprint density at radius 3 is 1.30 bits per heavy atom. The molecule has 0 amide bonds. The Morgan fingerprint density at radius 2 is 1.13 bits per heavy atom. The van der Waals surface area contributed by atoms with Crippen LogP contribution in [-0.2, 0) is 24.7 Å². The fourth-order valence-electron chi connectivity index (χ4n) is 1.96. The van der Waals surface area contributed by atoms with E-state index in [2.05, 4.69) is 74.7 Å². The molecule has 4 heteroatoms. The van der Waals surface area contributed by atoms with Crippen LogP contribution >= 0.6 is 0 Å². The molecule has 0 spiro atoms. The van der Waals surface area contributed by atoms with Crippen molar-refractivity contribution in [3.05, 3.63) is 75.4 Å². The van der Waals surface area contributed by atoms with Gasteiger partial charge >= 0.3 is 52.6 Å². The Hall–Kier alpha value is -0.537. The third-order valence-electron chi connectivity index (χ3n) is 3.62. The normalized spacial score (nSPS) is 11.0. The van der Waals surface area contributed by atoms with Gasteiger partial charge in [-0.15, -0.1) is 39.4 Å². The minimum atomic E-state index is 0.955. The van der Waals surface area contributed by atoms with Gasteiger partial charge in [-0.2, -0.15) is 19.6 Å². The van der Waals surface area contributed by atoms with Crippen LogP contribution in [0.4, 0.5) is 0 Å². The van der Waals surface area contributed by atoms with Crippen LogP contribution in [0, 0.1) is 0 Å². The van der Waals surface area contributed by atoms with E-state index in [1.165, 1.54) is 6.42 Å². The van der Waals surface area contributed by atoms with Crippen molar-refractivity contribution in [1.29, 1.82) is 0 Å². The van der Waals surface area contributed by atoms with E-state index in [-0.39, 0.29) is 0 Å². The molecule has 0 saturated carbocycles. The van der Waals surface area contributed by atoms with E-state index in [0.717, 1.165) is 77.8 Å². The third kappa shape index (κ3) is 41.7. The molecule has 0 heterocycles. The Bertz CT molecular complexity index is 365. The summed E-state index contributed by atoms with van der Waals surface area (Å²) in [7, 11) is 0. The molecular weight excluding hydrogens is 446 g/mol. The predicted molar refractivity (Wildman–Crippen MR) is 136 cm³/mol. The Labute approximate surface area is 204 Å². The second-order valence-corrected chi connectivity index (χ2v) is 7.99. The summed E-state index contributed by atoms with van der Waals surface area (Å²) in [5.41, 5.74) is 0. The number of nitrogens with zero attached hydrogens (tertiary/aromatic N) is 3.